The molecule has 2 aromatic rings. The molecule has 4 nitrogen and oxygen atoms in total. The Balaban J connectivity index is 0. The number of nitrogens with zero attached hydrogens (tertiary/aromatic N) is 1. The monoisotopic (exact) mass is 642 g/mol. The normalized spacial score (nSPS) is 8.33. The summed E-state index contributed by atoms with van der Waals surface area (Å²) in [4.78, 5) is 11.9. The number of hydrogen-bond acceptors (Lipinski definition) is 3. The zero-order valence-corrected chi connectivity index (χ0v) is 19.4. The second-order valence-electron chi connectivity index (χ2n) is 3.48. The molecule has 0 saturated carbocycles. The molecule has 0 amide bonds. The molecule has 1 radical (unpaired) electrons. The average molecular weight is 642 g/mol. The largest absolute Gasteiger partial charge is 0.541 e. The Labute approximate surface area is 177 Å². The second kappa shape index (κ2) is 12.7. The fourth-order valence-corrected chi connectivity index (χ4v) is 1.26. The van der Waals surface area contributed by atoms with Crippen molar-refractivity contribution in [3.8, 4) is 11.5 Å². The topological polar surface area (TPSA) is 52.4 Å². The molecule has 0 fully saturated rings. The van der Waals surface area contributed by atoms with Gasteiger partial charge in [0.25, 0.3) is 0 Å². The number of ether oxygens (including phenoxy) is 1. The molecule has 2 aromatic carbocycles. The van der Waals surface area contributed by atoms with Gasteiger partial charge in [-0.3, -0.25) is 10.1 Å². The molecule has 0 heterocycles. The van der Waals surface area contributed by atoms with Crippen molar-refractivity contribution in [1.82, 2.24) is 0 Å². The first kappa shape index (κ1) is 23.4. The van der Waals surface area contributed by atoms with Crippen LogP contribution in [0.4, 0.5) is 5.69 Å². The summed E-state index contributed by atoms with van der Waals surface area (Å²) in [5.74, 6) is 1.06. The first-order valence-corrected chi connectivity index (χ1v) is 7.51. The Morgan fingerprint density at radius 1 is 1.14 bits per heavy atom. The number of aryl methyl sites for hydroxylation is 1. The number of hydrogen-bond donors (Lipinski definition) is 0. The van der Waals surface area contributed by atoms with Crippen molar-refractivity contribution in [2.24, 2.45) is 0 Å². The molecule has 0 aliphatic heterocycles. The summed E-state index contributed by atoms with van der Waals surface area (Å²) in [7, 11) is 0. The summed E-state index contributed by atoms with van der Waals surface area (Å²) in [6.07, 6.45) is 0. The molecule has 0 aliphatic carbocycles. The smallest absolute Gasteiger partial charge is 0.163 e. The predicted molar refractivity (Wildman–Crippen MR) is 82.0 cm³/mol. The van der Waals surface area contributed by atoms with Gasteiger partial charge in [-0.1, -0.05) is 41.6 Å². The molecule has 0 N–H and O–H groups in total. The van der Waals surface area contributed by atoms with Crippen LogP contribution in [0.5, 0.6) is 11.5 Å². The Morgan fingerprint density at radius 3 is 2.24 bits per heavy atom. The minimum atomic E-state index is -0.472. The first-order chi connectivity index (χ1) is 9.15. The van der Waals surface area contributed by atoms with E-state index in [1.165, 1.54) is 18.2 Å². The molecule has 0 unspecified atom stereocenters. The molecule has 0 saturated heterocycles. The summed E-state index contributed by atoms with van der Waals surface area (Å²) in [5, 5.41) is 10.4. The number of alkyl halides is 1. The van der Waals surface area contributed by atoms with Crippen molar-refractivity contribution in [3.05, 3.63) is 64.2 Å². The van der Waals surface area contributed by atoms with Crippen LogP contribution in [0.1, 0.15) is 5.56 Å². The van der Waals surface area contributed by atoms with Gasteiger partial charge in [0.05, 0.1) is 0 Å². The van der Waals surface area contributed by atoms with Gasteiger partial charge in [0.15, 0.2) is 5.69 Å². The third-order valence-electron chi connectivity index (χ3n) is 2.15. The molecule has 7 heteroatoms. The van der Waals surface area contributed by atoms with Crippen molar-refractivity contribution < 1.29 is 63.4 Å². The number of rotatable bonds is 3. The van der Waals surface area contributed by atoms with Gasteiger partial charge in [-0.2, -0.15) is 17.7 Å². The molecular formula is C14H12INO3WY-2. The molecule has 0 atom stereocenters. The number of nitro benzene ring substituents is 1. The van der Waals surface area contributed by atoms with E-state index in [4.69, 9.17) is 4.74 Å². The van der Waals surface area contributed by atoms with Crippen molar-refractivity contribution >= 4 is 28.3 Å². The zero-order chi connectivity index (χ0) is 14.3. The van der Waals surface area contributed by atoms with Crippen molar-refractivity contribution in [2.45, 2.75) is 6.92 Å². The van der Waals surface area contributed by atoms with E-state index >= 15 is 0 Å². The van der Waals surface area contributed by atoms with Gasteiger partial charge >= 0.3 is 0 Å². The van der Waals surface area contributed by atoms with Crippen LogP contribution >= 0.6 is 22.6 Å². The predicted octanol–water partition coefficient (Wildman–Crippen LogP) is 4.34. The van der Waals surface area contributed by atoms with E-state index in [-0.39, 0.29) is 59.5 Å². The van der Waals surface area contributed by atoms with Crippen molar-refractivity contribution in [1.29, 1.82) is 0 Å². The maximum absolute atomic E-state index is 10.4. The molecule has 0 aliphatic rings. The second-order valence-corrected chi connectivity index (χ2v) is 3.48. The van der Waals surface area contributed by atoms with Crippen molar-refractivity contribution in [3.63, 3.8) is 0 Å². The molecule has 0 spiro atoms. The zero-order valence-electron chi connectivity index (χ0n) is 11.5. The van der Waals surface area contributed by atoms with Crippen LogP contribution in [0.3, 0.4) is 0 Å². The van der Waals surface area contributed by atoms with Gasteiger partial charge < -0.3 is 4.74 Å². The summed E-state index contributed by atoms with van der Waals surface area (Å²) in [6, 6.07) is 15.3. The molecule has 0 bridgehead atoms. The van der Waals surface area contributed by atoms with Crippen LogP contribution in [0.2, 0.25) is 0 Å². The van der Waals surface area contributed by atoms with Crippen LogP contribution < -0.4 is 4.74 Å². The molecule has 21 heavy (non-hydrogen) atoms. The maximum atomic E-state index is 10.4. The molecule has 109 valence electrons. The molecule has 0 aromatic heterocycles. The fraction of sp³-hybridized carbons (Fsp3) is 0.143. The Morgan fingerprint density at radius 2 is 1.81 bits per heavy atom. The van der Waals surface area contributed by atoms with E-state index in [0.717, 1.165) is 5.56 Å². The van der Waals surface area contributed by atoms with Gasteiger partial charge in [0.2, 0.25) is 0 Å². The van der Waals surface area contributed by atoms with Crippen LogP contribution in [0.15, 0.2) is 36.4 Å². The summed E-state index contributed by atoms with van der Waals surface area (Å²) < 4.78 is 5.46. The van der Waals surface area contributed by atoms with E-state index in [1.54, 1.807) is 12.1 Å². The van der Waals surface area contributed by atoms with E-state index < -0.39 is 4.92 Å². The van der Waals surface area contributed by atoms with Crippen LogP contribution in [-0.4, -0.2) is 9.85 Å². The van der Waals surface area contributed by atoms with Gasteiger partial charge in [0, 0.05) is 64.4 Å². The van der Waals surface area contributed by atoms with Gasteiger partial charge in [-0.25, -0.2) is 0 Å². The third kappa shape index (κ3) is 8.39. The molecule has 2 rings (SSSR count). The Bertz CT molecular complexity index is 535. The maximum Gasteiger partial charge on any atom is 0.163 e. The number of benzene rings is 2. The van der Waals surface area contributed by atoms with Crippen LogP contribution in [0, 0.1) is 29.2 Å². The van der Waals surface area contributed by atoms with E-state index in [9.17, 15) is 10.1 Å². The number of non-ortho nitro benzene ring substituents is 1. The van der Waals surface area contributed by atoms with E-state index in [1.807, 2.05) is 17.9 Å². The molecular weight excluding hydrogens is 630 g/mol. The Kier molecular flexibility index (Phi) is 14.1. The van der Waals surface area contributed by atoms with Gasteiger partial charge in [-0.05, 0) is 10.7 Å². The summed E-state index contributed by atoms with van der Waals surface area (Å²) in [5.41, 5.74) is 1.01. The Hall–Kier alpha value is 0.162. The summed E-state index contributed by atoms with van der Waals surface area (Å²) in [6.45, 7) is 1.93. The van der Waals surface area contributed by atoms with Gasteiger partial charge in [-0.15, -0.1) is 24.3 Å². The number of halogens is 1. The minimum absolute atomic E-state index is 0. The average Bonchev–Trinajstić information content (AvgIpc) is 2.44. The van der Waals surface area contributed by atoms with Crippen molar-refractivity contribution in [2.75, 3.05) is 4.93 Å². The third-order valence-corrected chi connectivity index (χ3v) is 2.15. The number of nitro groups is 1. The minimum Gasteiger partial charge on any atom is -0.541 e. The van der Waals surface area contributed by atoms with Crippen LogP contribution in [0.25, 0.3) is 0 Å². The first-order valence-electron chi connectivity index (χ1n) is 5.35. The fourth-order valence-electron chi connectivity index (χ4n) is 1.26. The summed E-state index contributed by atoms with van der Waals surface area (Å²) >= 11 is 2.15. The standard InChI is InChI=1S/C13H9NO3.CH3I.W.Y/c1-10-2-6-12(7-3-10)17-13-8-4-11(5-9-13)14(15)16;1-2;;/h2,4-8H,1H3;1H3;;/q-2;;;. The quantitative estimate of drug-likeness (QED) is 0.165. The van der Waals surface area contributed by atoms with Crippen LogP contribution in [-0.2, 0) is 53.8 Å². The van der Waals surface area contributed by atoms with Gasteiger partial charge in [0.1, 0.15) is 0 Å². The van der Waals surface area contributed by atoms with E-state index in [0.29, 0.717) is 11.5 Å². The SMILES string of the molecule is CI.Cc1[c-]cc(Oc2[c-]cc([N+](=O)[O-])cc2)cc1.[W].[Y]. The van der Waals surface area contributed by atoms with E-state index in [2.05, 4.69) is 34.7 Å².